The van der Waals surface area contributed by atoms with Crippen molar-refractivity contribution in [3.8, 4) is 0 Å². The maximum absolute atomic E-state index is 4.72. The van der Waals surface area contributed by atoms with E-state index in [0.717, 1.165) is 17.8 Å². The Kier molecular flexibility index (Phi) is 5.11. The summed E-state index contributed by atoms with van der Waals surface area (Å²) in [5, 5.41) is 0. The predicted molar refractivity (Wildman–Crippen MR) is 84.7 cm³/mol. The van der Waals surface area contributed by atoms with Crippen LogP contribution in [0.4, 0.5) is 0 Å². The highest BCUT2D eigenvalue weighted by Gasteiger charge is 2.28. The molecule has 1 aromatic rings. The SMILES string of the molecule is c1ccc(C(CC2CCCCC2)C2CCCCC2)nc1. The lowest BCUT2D eigenvalue weighted by Crippen LogP contribution is -2.21. The molecule has 0 radical (unpaired) electrons. The fraction of sp³-hybridized carbons (Fsp3) is 0.737. The van der Waals surface area contributed by atoms with Gasteiger partial charge in [-0.05, 0) is 43.2 Å². The van der Waals surface area contributed by atoms with Crippen LogP contribution >= 0.6 is 0 Å². The van der Waals surface area contributed by atoms with Crippen LogP contribution in [-0.4, -0.2) is 4.98 Å². The minimum Gasteiger partial charge on any atom is -0.261 e. The van der Waals surface area contributed by atoms with Crippen molar-refractivity contribution in [3.05, 3.63) is 30.1 Å². The van der Waals surface area contributed by atoms with Gasteiger partial charge in [-0.3, -0.25) is 4.98 Å². The van der Waals surface area contributed by atoms with Crippen LogP contribution in [0.1, 0.15) is 82.2 Å². The summed E-state index contributed by atoms with van der Waals surface area (Å²) >= 11 is 0. The van der Waals surface area contributed by atoms with Gasteiger partial charge in [-0.25, -0.2) is 0 Å². The summed E-state index contributed by atoms with van der Waals surface area (Å²) in [7, 11) is 0. The molecule has 0 bridgehead atoms. The Morgan fingerprint density at radius 1 is 0.900 bits per heavy atom. The third-order valence-electron chi connectivity index (χ3n) is 5.60. The number of aromatic nitrogens is 1. The van der Waals surface area contributed by atoms with Gasteiger partial charge in [-0.1, -0.05) is 57.4 Å². The second-order valence-corrected chi connectivity index (χ2v) is 7.00. The van der Waals surface area contributed by atoms with Gasteiger partial charge >= 0.3 is 0 Å². The van der Waals surface area contributed by atoms with Crippen molar-refractivity contribution in [3.63, 3.8) is 0 Å². The quantitative estimate of drug-likeness (QED) is 0.683. The Morgan fingerprint density at radius 3 is 2.25 bits per heavy atom. The number of pyridine rings is 1. The van der Waals surface area contributed by atoms with Gasteiger partial charge in [0.15, 0.2) is 0 Å². The van der Waals surface area contributed by atoms with E-state index in [9.17, 15) is 0 Å². The highest BCUT2D eigenvalue weighted by Crippen LogP contribution is 2.41. The number of hydrogen-bond donors (Lipinski definition) is 0. The van der Waals surface area contributed by atoms with Gasteiger partial charge in [0.05, 0.1) is 0 Å². The van der Waals surface area contributed by atoms with E-state index < -0.39 is 0 Å². The third-order valence-corrected chi connectivity index (χ3v) is 5.60. The molecule has 2 fully saturated rings. The molecular weight excluding hydrogens is 242 g/mol. The Balaban J connectivity index is 1.72. The van der Waals surface area contributed by atoms with Crippen molar-refractivity contribution in [1.29, 1.82) is 0 Å². The van der Waals surface area contributed by atoms with Crippen LogP contribution in [0.25, 0.3) is 0 Å². The van der Waals surface area contributed by atoms with E-state index in [1.165, 1.54) is 76.3 Å². The fourth-order valence-corrected chi connectivity index (χ4v) is 4.47. The number of rotatable bonds is 4. The average Bonchev–Trinajstić information content (AvgIpc) is 2.55. The molecule has 0 N–H and O–H groups in total. The van der Waals surface area contributed by atoms with Crippen molar-refractivity contribution in [2.75, 3.05) is 0 Å². The summed E-state index contributed by atoms with van der Waals surface area (Å²) in [5.41, 5.74) is 1.38. The number of hydrogen-bond acceptors (Lipinski definition) is 1. The summed E-state index contributed by atoms with van der Waals surface area (Å²) in [4.78, 5) is 4.72. The first kappa shape index (κ1) is 14.1. The van der Waals surface area contributed by atoms with Crippen molar-refractivity contribution >= 4 is 0 Å². The van der Waals surface area contributed by atoms with E-state index in [-0.39, 0.29) is 0 Å². The smallest absolute Gasteiger partial charge is 0.0437 e. The molecule has 0 aromatic carbocycles. The van der Waals surface area contributed by atoms with Gasteiger partial charge in [0.1, 0.15) is 0 Å². The summed E-state index contributed by atoms with van der Waals surface area (Å²) < 4.78 is 0. The first-order valence-corrected chi connectivity index (χ1v) is 8.84. The highest BCUT2D eigenvalue weighted by molar-refractivity contribution is 5.11. The lowest BCUT2D eigenvalue weighted by molar-refractivity contribution is 0.237. The Labute approximate surface area is 124 Å². The van der Waals surface area contributed by atoms with Crippen molar-refractivity contribution in [2.45, 2.75) is 76.5 Å². The molecule has 2 aliphatic carbocycles. The molecule has 20 heavy (non-hydrogen) atoms. The zero-order valence-corrected chi connectivity index (χ0v) is 12.8. The molecule has 0 spiro atoms. The van der Waals surface area contributed by atoms with Gasteiger partial charge in [-0.2, -0.15) is 0 Å². The van der Waals surface area contributed by atoms with Crippen LogP contribution in [0, 0.1) is 11.8 Å². The molecule has 3 rings (SSSR count). The second kappa shape index (κ2) is 7.24. The van der Waals surface area contributed by atoms with Gasteiger partial charge in [0.2, 0.25) is 0 Å². The molecule has 1 heterocycles. The van der Waals surface area contributed by atoms with Crippen molar-refractivity contribution in [2.24, 2.45) is 11.8 Å². The van der Waals surface area contributed by atoms with Crippen LogP contribution in [0.3, 0.4) is 0 Å². The zero-order chi connectivity index (χ0) is 13.6. The molecule has 2 aliphatic rings. The van der Waals surface area contributed by atoms with Crippen LogP contribution < -0.4 is 0 Å². The van der Waals surface area contributed by atoms with Gasteiger partial charge < -0.3 is 0 Å². The van der Waals surface area contributed by atoms with E-state index in [0.29, 0.717) is 0 Å². The molecule has 1 nitrogen and oxygen atoms in total. The largest absolute Gasteiger partial charge is 0.261 e. The molecule has 1 aromatic heterocycles. The Hall–Kier alpha value is -0.850. The van der Waals surface area contributed by atoms with E-state index in [1.807, 2.05) is 6.20 Å². The molecule has 1 unspecified atom stereocenters. The second-order valence-electron chi connectivity index (χ2n) is 7.00. The van der Waals surface area contributed by atoms with Crippen LogP contribution in [0.2, 0.25) is 0 Å². The van der Waals surface area contributed by atoms with Gasteiger partial charge in [0.25, 0.3) is 0 Å². The van der Waals surface area contributed by atoms with Crippen LogP contribution in [0.5, 0.6) is 0 Å². The Bertz CT molecular complexity index is 374. The molecular formula is C19H29N. The first-order chi connectivity index (χ1) is 9.93. The normalized spacial score (nSPS) is 23.6. The maximum atomic E-state index is 4.72. The third kappa shape index (κ3) is 3.62. The fourth-order valence-electron chi connectivity index (χ4n) is 4.47. The average molecular weight is 271 g/mol. The summed E-state index contributed by atoms with van der Waals surface area (Å²) in [6.45, 7) is 0. The highest BCUT2D eigenvalue weighted by atomic mass is 14.7. The maximum Gasteiger partial charge on any atom is 0.0437 e. The standard InChI is InChI=1S/C19H29N/c1-3-9-16(10-4-1)15-18(17-11-5-2-6-12-17)19-13-7-8-14-20-19/h7-8,13-14,16-18H,1-6,9-12,15H2. The molecule has 0 amide bonds. The summed E-state index contributed by atoms with van der Waals surface area (Å²) in [6, 6.07) is 6.52. The molecule has 1 heteroatoms. The monoisotopic (exact) mass is 271 g/mol. The van der Waals surface area contributed by atoms with Crippen molar-refractivity contribution in [1.82, 2.24) is 4.98 Å². The van der Waals surface area contributed by atoms with E-state index in [1.54, 1.807) is 0 Å². The lowest BCUT2D eigenvalue weighted by Gasteiger charge is -2.33. The van der Waals surface area contributed by atoms with Crippen LogP contribution in [0.15, 0.2) is 24.4 Å². The minimum atomic E-state index is 0.736. The first-order valence-electron chi connectivity index (χ1n) is 8.84. The van der Waals surface area contributed by atoms with E-state index in [2.05, 4.69) is 18.2 Å². The topological polar surface area (TPSA) is 12.9 Å². The minimum absolute atomic E-state index is 0.736. The predicted octanol–water partition coefficient (Wildman–Crippen LogP) is 5.72. The van der Waals surface area contributed by atoms with Gasteiger partial charge in [0, 0.05) is 17.8 Å². The Morgan fingerprint density at radius 2 is 1.60 bits per heavy atom. The van der Waals surface area contributed by atoms with Crippen molar-refractivity contribution < 1.29 is 0 Å². The molecule has 110 valence electrons. The van der Waals surface area contributed by atoms with E-state index in [4.69, 9.17) is 4.98 Å². The van der Waals surface area contributed by atoms with Gasteiger partial charge in [-0.15, -0.1) is 0 Å². The summed E-state index contributed by atoms with van der Waals surface area (Å²) in [5.74, 6) is 2.61. The van der Waals surface area contributed by atoms with Crippen LogP contribution in [-0.2, 0) is 0 Å². The molecule has 1 atom stereocenters. The molecule has 0 saturated heterocycles. The van der Waals surface area contributed by atoms with E-state index >= 15 is 0 Å². The zero-order valence-electron chi connectivity index (χ0n) is 12.8. The lowest BCUT2D eigenvalue weighted by atomic mass is 9.72. The molecule has 0 aliphatic heterocycles. The number of nitrogens with zero attached hydrogens (tertiary/aromatic N) is 1. The summed E-state index contributed by atoms with van der Waals surface area (Å²) in [6.07, 6.45) is 17.9. The molecule has 2 saturated carbocycles.